The lowest BCUT2D eigenvalue weighted by molar-refractivity contribution is -0.131. The van der Waals surface area contributed by atoms with Gasteiger partial charge in [0, 0.05) is 6.08 Å². The van der Waals surface area contributed by atoms with Crippen molar-refractivity contribution in [3.8, 4) is 22.6 Å². The molecule has 0 saturated heterocycles. The van der Waals surface area contributed by atoms with E-state index in [-0.39, 0.29) is 6.79 Å². The Morgan fingerprint density at radius 1 is 1.09 bits per heavy atom. The van der Waals surface area contributed by atoms with Crippen LogP contribution in [-0.4, -0.2) is 17.9 Å². The summed E-state index contributed by atoms with van der Waals surface area (Å²) in [4.78, 5) is 10.6. The van der Waals surface area contributed by atoms with Crippen LogP contribution in [0.3, 0.4) is 0 Å². The molecule has 0 unspecified atom stereocenters. The first kappa shape index (κ1) is 14.2. The molecule has 0 saturated carbocycles. The normalized spacial score (nSPS) is 13.2. The zero-order valence-electron chi connectivity index (χ0n) is 12.2. The van der Waals surface area contributed by atoms with Crippen LogP contribution < -0.4 is 9.47 Å². The first-order valence-electron chi connectivity index (χ1n) is 7.01. The number of ether oxygens (including phenoxy) is 2. The molecule has 3 rings (SSSR count). The molecule has 0 aromatic heterocycles. The minimum absolute atomic E-state index is 0.271. The third kappa shape index (κ3) is 3.11. The zero-order chi connectivity index (χ0) is 15.5. The second-order valence-corrected chi connectivity index (χ2v) is 5.27. The van der Waals surface area contributed by atoms with Crippen LogP contribution in [0, 0.1) is 0 Å². The topological polar surface area (TPSA) is 55.8 Å². The van der Waals surface area contributed by atoms with Gasteiger partial charge in [0.1, 0.15) is 0 Å². The second-order valence-electron chi connectivity index (χ2n) is 5.27. The summed E-state index contributed by atoms with van der Waals surface area (Å²) in [6, 6.07) is 14.0. The van der Waals surface area contributed by atoms with Gasteiger partial charge in [-0.05, 0) is 42.2 Å². The van der Waals surface area contributed by atoms with E-state index in [9.17, 15) is 4.79 Å². The molecule has 0 fully saturated rings. The highest BCUT2D eigenvalue weighted by Crippen LogP contribution is 2.35. The highest BCUT2D eigenvalue weighted by Gasteiger charge is 2.13. The Bertz CT molecular complexity index is 729. The number of fused-ring (bicyclic) bond motifs is 1. The lowest BCUT2D eigenvalue weighted by Crippen LogP contribution is -1.93. The summed E-state index contributed by atoms with van der Waals surface area (Å²) < 4.78 is 10.7. The summed E-state index contributed by atoms with van der Waals surface area (Å²) >= 11 is 0. The molecule has 0 aliphatic carbocycles. The largest absolute Gasteiger partial charge is 0.478 e. The van der Waals surface area contributed by atoms with Crippen LogP contribution in [0.15, 0.2) is 54.1 Å². The van der Waals surface area contributed by atoms with E-state index in [1.165, 1.54) is 6.08 Å². The summed E-state index contributed by atoms with van der Waals surface area (Å²) in [5, 5.41) is 8.73. The zero-order valence-corrected chi connectivity index (χ0v) is 12.2. The van der Waals surface area contributed by atoms with Gasteiger partial charge < -0.3 is 14.6 Å². The minimum atomic E-state index is -0.908. The maximum absolute atomic E-state index is 10.6. The number of hydrogen-bond acceptors (Lipinski definition) is 3. The quantitative estimate of drug-likeness (QED) is 0.875. The van der Waals surface area contributed by atoms with Crippen molar-refractivity contribution in [1.82, 2.24) is 0 Å². The molecule has 0 bridgehead atoms. The van der Waals surface area contributed by atoms with E-state index < -0.39 is 5.97 Å². The van der Waals surface area contributed by atoms with Crippen molar-refractivity contribution in [3.05, 3.63) is 59.7 Å². The van der Waals surface area contributed by atoms with E-state index in [1.54, 1.807) is 0 Å². The Morgan fingerprint density at radius 3 is 2.50 bits per heavy atom. The van der Waals surface area contributed by atoms with E-state index >= 15 is 0 Å². The minimum Gasteiger partial charge on any atom is -0.478 e. The summed E-state index contributed by atoms with van der Waals surface area (Å²) in [7, 11) is 0. The highest BCUT2D eigenvalue weighted by molar-refractivity contribution is 5.80. The first-order chi connectivity index (χ1) is 10.6. The lowest BCUT2D eigenvalue weighted by atomic mass is 10.0. The molecular weight excluding hydrogens is 280 g/mol. The van der Waals surface area contributed by atoms with Gasteiger partial charge in [-0.25, -0.2) is 4.79 Å². The van der Waals surface area contributed by atoms with Crippen LogP contribution in [0.2, 0.25) is 0 Å². The third-order valence-electron chi connectivity index (χ3n) is 3.51. The number of allylic oxidation sites excluding steroid dienone is 1. The van der Waals surface area contributed by atoms with Gasteiger partial charge in [-0.15, -0.1) is 0 Å². The molecule has 0 radical (unpaired) electrons. The van der Waals surface area contributed by atoms with Crippen molar-refractivity contribution in [3.63, 3.8) is 0 Å². The summed E-state index contributed by atoms with van der Waals surface area (Å²) in [6.45, 7) is 2.09. The van der Waals surface area contributed by atoms with Crippen molar-refractivity contribution in [2.24, 2.45) is 0 Å². The summed E-state index contributed by atoms with van der Waals surface area (Å²) in [5.74, 6) is 0.631. The van der Waals surface area contributed by atoms with Crippen molar-refractivity contribution in [2.45, 2.75) is 13.3 Å². The van der Waals surface area contributed by atoms with Gasteiger partial charge in [-0.2, -0.15) is 0 Å². The summed E-state index contributed by atoms with van der Waals surface area (Å²) in [6.07, 6.45) is 1.87. The van der Waals surface area contributed by atoms with Gasteiger partial charge in [0.25, 0.3) is 0 Å². The molecule has 4 heteroatoms. The van der Waals surface area contributed by atoms with Gasteiger partial charge in [0.05, 0.1) is 0 Å². The van der Waals surface area contributed by atoms with Crippen molar-refractivity contribution < 1.29 is 19.4 Å². The predicted octanol–water partition coefficient (Wildman–Crippen LogP) is 3.66. The van der Waals surface area contributed by atoms with Crippen LogP contribution in [0.5, 0.6) is 11.5 Å². The predicted molar refractivity (Wildman–Crippen MR) is 83.1 cm³/mol. The number of carboxylic acids is 1. The molecular formula is C18H16O4. The lowest BCUT2D eigenvalue weighted by Gasteiger charge is -2.06. The first-order valence-corrected chi connectivity index (χ1v) is 7.01. The van der Waals surface area contributed by atoms with E-state index in [1.807, 2.05) is 49.4 Å². The van der Waals surface area contributed by atoms with Gasteiger partial charge in [-0.1, -0.05) is 35.9 Å². The van der Waals surface area contributed by atoms with Crippen molar-refractivity contribution in [2.75, 3.05) is 6.79 Å². The summed E-state index contributed by atoms with van der Waals surface area (Å²) in [5.41, 5.74) is 4.05. The van der Waals surface area contributed by atoms with Crippen LogP contribution in [0.1, 0.15) is 12.5 Å². The molecule has 0 amide bonds. The van der Waals surface area contributed by atoms with Crippen molar-refractivity contribution in [1.29, 1.82) is 0 Å². The molecule has 4 nitrogen and oxygen atoms in total. The maximum Gasteiger partial charge on any atom is 0.328 e. The fourth-order valence-corrected chi connectivity index (χ4v) is 2.47. The average Bonchev–Trinajstić information content (AvgIpc) is 2.94. The van der Waals surface area contributed by atoms with E-state index in [4.69, 9.17) is 14.6 Å². The molecule has 1 aliphatic heterocycles. The third-order valence-corrected chi connectivity index (χ3v) is 3.51. The van der Waals surface area contributed by atoms with Gasteiger partial charge in [0.2, 0.25) is 6.79 Å². The smallest absolute Gasteiger partial charge is 0.328 e. The van der Waals surface area contributed by atoms with Gasteiger partial charge >= 0.3 is 5.97 Å². The fourth-order valence-electron chi connectivity index (χ4n) is 2.47. The number of rotatable bonds is 4. The standard InChI is InChI=1S/C18H16O4/c1-12(9-18(19)20)8-13-2-4-14(5-3-13)15-6-7-16-17(10-15)22-11-21-16/h2-7,9-10H,8,11H2,1H3,(H,19,20)/b12-9+. The molecule has 22 heavy (non-hydrogen) atoms. The van der Waals surface area contributed by atoms with Crippen molar-refractivity contribution >= 4 is 5.97 Å². The Hall–Kier alpha value is -2.75. The average molecular weight is 296 g/mol. The molecule has 1 aliphatic rings. The fraction of sp³-hybridized carbons (Fsp3) is 0.167. The number of carbonyl (C=O) groups is 1. The van der Waals surface area contributed by atoms with Gasteiger partial charge in [-0.3, -0.25) is 0 Å². The molecule has 0 atom stereocenters. The SMILES string of the molecule is C/C(=C\C(=O)O)Cc1ccc(-c2ccc3c(c2)OCO3)cc1. The van der Waals surface area contributed by atoms with Gasteiger partial charge in [0.15, 0.2) is 11.5 Å². The Kier molecular flexibility index (Phi) is 3.83. The van der Waals surface area contributed by atoms with Crippen LogP contribution in [0.4, 0.5) is 0 Å². The molecule has 112 valence electrons. The molecule has 1 heterocycles. The molecule has 2 aromatic rings. The Morgan fingerprint density at radius 2 is 1.77 bits per heavy atom. The highest BCUT2D eigenvalue weighted by atomic mass is 16.7. The second kappa shape index (κ2) is 5.93. The Labute approximate surface area is 128 Å². The number of hydrogen-bond donors (Lipinski definition) is 1. The van der Waals surface area contributed by atoms with Crippen LogP contribution in [-0.2, 0) is 11.2 Å². The van der Waals surface area contributed by atoms with E-state index in [0.717, 1.165) is 33.8 Å². The maximum atomic E-state index is 10.6. The van der Waals surface area contributed by atoms with E-state index in [2.05, 4.69) is 0 Å². The monoisotopic (exact) mass is 296 g/mol. The number of benzene rings is 2. The molecule has 1 N–H and O–H groups in total. The van der Waals surface area contributed by atoms with E-state index in [0.29, 0.717) is 6.42 Å². The molecule has 0 spiro atoms. The number of carboxylic acid groups (broad SMARTS) is 1. The molecule has 2 aromatic carbocycles. The Balaban J connectivity index is 1.78. The number of aliphatic carboxylic acids is 1. The van der Waals surface area contributed by atoms with Crippen LogP contribution >= 0.6 is 0 Å². The van der Waals surface area contributed by atoms with Crippen LogP contribution in [0.25, 0.3) is 11.1 Å².